The van der Waals surface area contributed by atoms with Gasteiger partial charge in [0.15, 0.2) is 0 Å². The topological polar surface area (TPSA) is 121 Å². The predicted octanol–water partition coefficient (Wildman–Crippen LogP) is 5.88. The number of carbonyl (C=O) groups is 2. The lowest BCUT2D eigenvalue weighted by molar-refractivity contribution is 0.165. The summed E-state index contributed by atoms with van der Waals surface area (Å²) in [6, 6.07) is 10.1. The molecule has 0 saturated heterocycles. The zero-order chi connectivity index (χ0) is 34.8. The minimum Gasteiger partial charge on any atom is -0.492 e. The molecule has 0 saturated carbocycles. The minimum atomic E-state index is -0.0884. The summed E-state index contributed by atoms with van der Waals surface area (Å²) < 4.78 is 11.3. The Bertz CT molecular complexity index is 1070. The van der Waals surface area contributed by atoms with E-state index in [9.17, 15) is 9.59 Å². The van der Waals surface area contributed by atoms with E-state index in [4.69, 9.17) is 55.9 Å². The highest BCUT2D eigenvalue weighted by atomic mass is 35.5. The van der Waals surface area contributed by atoms with Crippen molar-refractivity contribution in [2.45, 2.75) is 39.8 Å². The molecule has 2 rings (SSSR count). The van der Waals surface area contributed by atoms with Crippen molar-refractivity contribution >= 4 is 58.5 Å². The Kier molecular flexibility index (Phi) is 22.7. The van der Waals surface area contributed by atoms with Crippen LogP contribution in [0.15, 0.2) is 36.4 Å². The third-order valence-corrected chi connectivity index (χ3v) is 7.19. The average Bonchev–Trinajstić information content (AvgIpc) is 2.91. The zero-order valence-corrected chi connectivity index (χ0v) is 31.7. The third kappa shape index (κ3) is 19.9. The van der Waals surface area contributed by atoms with Gasteiger partial charge in [0.2, 0.25) is 0 Å². The Morgan fingerprint density at radius 1 is 0.596 bits per heavy atom. The van der Waals surface area contributed by atoms with Crippen molar-refractivity contribution in [1.29, 1.82) is 0 Å². The smallest absolute Gasteiger partial charge is 0.317 e. The second-order valence-electron chi connectivity index (χ2n) is 11.6. The van der Waals surface area contributed by atoms with E-state index in [1.807, 2.05) is 65.7 Å². The van der Waals surface area contributed by atoms with E-state index in [1.54, 1.807) is 46.2 Å². The summed E-state index contributed by atoms with van der Waals surface area (Å²) in [5, 5.41) is 7.91. The SMILES string of the molecule is CC(C)N(CCOc1cc(Cl)cc(Cl)c1)C(=O)NCCN(C)C.CC(C)N(CCOc1cc(Cl)cc(Cl)c1)C(=O)NCCN(C)C.O. The lowest BCUT2D eigenvalue weighted by Crippen LogP contribution is -2.47. The number of amides is 4. The normalized spacial score (nSPS) is 10.7. The van der Waals surface area contributed by atoms with Crippen molar-refractivity contribution < 1.29 is 24.5 Å². The summed E-state index contributed by atoms with van der Waals surface area (Å²) in [5.74, 6) is 1.19. The molecule has 0 unspecified atom stereocenters. The molecule has 0 spiro atoms. The number of benzene rings is 2. The van der Waals surface area contributed by atoms with Gasteiger partial charge in [-0.2, -0.15) is 0 Å². The molecule has 2 aromatic rings. The fraction of sp³-hybridized carbons (Fsp3) is 0.562. The molecule has 0 fully saturated rings. The average molecular weight is 743 g/mol. The Hall–Kier alpha value is -2.38. The molecule has 0 aromatic heterocycles. The first-order valence-corrected chi connectivity index (χ1v) is 16.7. The summed E-state index contributed by atoms with van der Waals surface area (Å²) in [6.45, 7) is 12.4. The van der Waals surface area contributed by atoms with Crippen LogP contribution in [0.25, 0.3) is 0 Å². The molecule has 15 heteroatoms. The number of nitrogens with one attached hydrogen (secondary N) is 2. The Balaban J connectivity index is 0.000000882. The fourth-order valence-corrected chi connectivity index (χ4v) is 4.92. The van der Waals surface area contributed by atoms with Gasteiger partial charge in [-0.25, -0.2) is 9.59 Å². The molecular weight excluding hydrogens is 690 g/mol. The first kappa shape index (κ1) is 44.6. The van der Waals surface area contributed by atoms with Crippen LogP contribution in [0.5, 0.6) is 11.5 Å². The van der Waals surface area contributed by atoms with Gasteiger partial charge in [0.25, 0.3) is 0 Å². The van der Waals surface area contributed by atoms with Crippen LogP contribution in [0, 0.1) is 0 Å². The predicted molar refractivity (Wildman–Crippen MR) is 195 cm³/mol. The standard InChI is InChI=1S/2C16H25Cl2N3O2.H2O/c2*1-12(2)21(16(22)19-5-6-20(3)4)7-8-23-15-10-13(17)9-14(18)11-15;/h2*9-12H,5-8H2,1-4H3,(H,19,22);1H2. The number of rotatable bonds is 16. The number of carbonyl (C=O) groups excluding carboxylic acids is 2. The lowest BCUT2D eigenvalue weighted by Gasteiger charge is -2.27. The van der Waals surface area contributed by atoms with Gasteiger partial charge in [0.05, 0.1) is 13.1 Å². The molecule has 0 aliphatic rings. The largest absolute Gasteiger partial charge is 0.492 e. The first-order chi connectivity index (χ1) is 21.6. The van der Waals surface area contributed by atoms with Gasteiger partial charge in [-0.15, -0.1) is 0 Å². The number of nitrogens with zero attached hydrogens (tertiary/aromatic N) is 4. The van der Waals surface area contributed by atoms with E-state index in [1.165, 1.54) is 0 Å². The summed E-state index contributed by atoms with van der Waals surface area (Å²) in [5.41, 5.74) is 0. The number of hydrogen-bond donors (Lipinski definition) is 2. The molecule has 4 amide bonds. The zero-order valence-electron chi connectivity index (χ0n) is 28.7. The molecule has 2 aromatic carbocycles. The van der Waals surface area contributed by atoms with E-state index in [2.05, 4.69) is 10.6 Å². The molecule has 0 radical (unpaired) electrons. The highest BCUT2D eigenvalue weighted by Crippen LogP contribution is 2.25. The van der Waals surface area contributed by atoms with Crippen molar-refractivity contribution in [3.05, 3.63) is 56.5 Å². The molecule has 0 atom stereocenters. The number of hydrogen-bond acceptors (Lipinski definition) is 6. The van der Waals surface area contributed by atoms with Crippen LogP contribution in [0.3, 0.4) is 0 Å². The summed E-state index contributed by atoms with van der Waals surface area (Å²) in [4.78, 5) is 31.9. The number of likely N-dealkylation sites (N-methyl/N-ethyl adjacent to an activating group) is 2. The van der Waals surface area contributed by atoms with Crippen molar-refractivity contribution in [2.75, 3.05) is 80.7 Å². The van der Waals surface area contributed by atoms with E-state index >= 15 is 0 Å². The van der Waals surface area contributed by atoms with E-state index < -0.39 is 0 Å². The van der Waals surface area contributed by atoms with Crippen LogP contribution < -0.4 is 20.1 Å². The maximum Gasteiger partial charge on any atom is 0.317 e. The Morgan fingerprint density at radius 2 is 0.894 bits per heavy atom. The number of ether oxygens (including phenoxy) is 2. The van der Waals surface area contributed by atoms with Gasteiger partial charge in [0.1, 0.15) is 24.7 Å². The molecule has 0 aliphatic heterocycles. The number of halogens is 4. The van der Waals surface area contributed by atoms with Gasteiger partial charge in [0, 0.05) is 58.4 Å². The molecule has 0 aliphatic carbocycles. The van der Waals surface area contributed by atoms with E-state index in [-0.39, 0.29) is 29.6 Å². The molecule has 0 bridgehead atoms. The minimum absolute atomic E-state index is 0. The third-order valence-electron chi connectivity index (χ3n) is 6.31. The molecule has 0 heterocycles. The Labute approximate surface area is 300 Å². The molecular formula is C32H52Cl4N6O5. The fourth-order valence-electron chi connectivity index (χ4n) is 3.91. The van der Waals surface area contributed by atoms with Crippen molar-refractivity contribution in [1.82, 2.24) is 30.2 Å². The summed E-state index contributed by atoms with van der Waals surface area (Å²) in [7, 11) is 7.87. The molecule has 47 heavy (non-hydrogen) atoms. The van der Waals surface area contributed by atoms with Crippen LogP contribution in [0.2, 0.25) is 20.1 Å². The Morgan fingerprint density at radius 3 is 1.15 bits per heavy atom. The summed E-state index contributed by atoms with van der Waals surface area (Å²) >= 11 is 23.7. The molecule has 4 N–H and O–H groups in total. The van der Waals surface area contributed by atoms with Crippen molar-refractivity contribution in [3.63, 3.8) is 0 Å². The van der Waals surface area contributed by atoms with Gasteiger partial charge in [-0.1, -0.05) is 46.4 Å². The number of urea groups is 2. The summed E-state index contributed by atoms with van der Waals surface area (Å²) in [6.07, 6.45) is 0. The second kappa shape index (κ2) is 23.9. The molecule has 11 nitrogen and oxygen atoms in total. The van der Waals surface area contributed by atoms with Crippen LogP contribution in [-0.2, 0) is 0 Å². The van der Waals surface area contributed by atoms with Crippen LogP contribution >= 0.6 is 46.4 Å². The van der Waals surface area contributed by atoms with E-state index in [0.717, 1.165) is 13.1 Å². The second-order valence-corrected chi connectivity index (χ2v) is 13.3. The van der Waals surface area contributed by atoms with Gasteiger partial charge in [-0.05, 0) is 92.3 Å². The highest BCUT2D eigenvalue weighted by molar-refractivity contribution is 6.35. The van der Waals surface area contributed by atoms with Gasteiger partial charge < -0.3 is 45.2 Å². The van der Waals surface area contributed by atoms with Crippen LogP contribution in [0.4, 0.5) is 9.59 Å². The van der Waals surface area contributed by atoms with Crippen molar-refractivity contribution in [2.24, 2.45) is 0 Å². The van der Waals surface area contributed by atoms with Crippen molar-refractivity contribution in [3.8, 4) is 11.5 Å². The quantitative estimate of drug-likeness (QED) is 0.222. The van der Waals surface area contributed by atoms with Gasteiger partial charge >= 0.3 is 12.1 Å². The lowest BCUT2D eigenvalue weighted by atomic mass is 10.3. The highest BCUT2D eigenvalue weighted by Gasteiger charge is 2.17. The maximum atomic E-state index is 12.2. The monoisotopic (exact) mass is 740 g/mol. The van der Waals surface area contributed by atoms with E-state index in [0.29, 0.717) is 71.0 Å². The van der Waals surface area contributed by atoms with Crippen LogP contribution in [-0.4, -0.2) is 130 Å². The maximum absolute atomic E-state index is 12.2. The first-order valence-electron chi connectivity index (χ1n) is 15.1. The van der Waals surface area contributed by atoms with Gasteiger partial charge in [-0.3, -0.25) is 0 Å². The van der Waals surface area contributed by atoms with Crippen LogP contribution in [0.1, 0.15) is 27.7 Å². The molecule has 268 valence electrons.